The number of aliphatic imine (C=N–C) groups is 2. The minimum atomic E-state index is -0.0944. The normalized spacial score (nSPS) is 10.8. The maximum Gasteiger partial charge on any atom is 0.185 e. The van der Waals surface area contributed by atoms with Crippen molar-refractivity contribution in [3.63, 3.8) is 0 Å². The van der Waals surface area contributed by atoms with Crippen LogP contribution < -0.4 is 22.9 Å². The molecule has 0 atom stereocenters. The molecular formula is C19H37N7O3. The van der Waals surface area contributed by atoms with Gasteiger partial charge in [0, 0.05) is 57.8 Å². The largest absolute Gasteiger partial charge is 0.370 e. The summed E-state index contributed by atoms with van der Waals surface area (Å²) in [7, 11) is 0. The number of carbonyl (C=O) groups is 3. The highest BCUT2D eigenvalue weighted by Crippen LogP contribution is 2.05. The Morgan fingerprint density at radius 2 is 1.17 bits per heavy atom. The van der Waals surface area contributed by atoms with Crippen LogP contribution in [0.3, 0.4) is 0 Å². The summed E-state index contributed by atoms with van der Waals surface area (Å²) in [5.41, 5.74) is 21.0. The molecule has 10 nitrogen and oxygen atoms in total. The van der Waals surface area contributed by atoms with Crippen LogP contribution in [0.25, 0.3) is 0 Å². The predicted octanol–water partition coefficient (Wildman–Crippen LogP) is -0.461. The van der Waals surface area contributed by atoms with Crippen molar-refractivity contribution in [2.45, 2.75) is 52.4 Å². The SMILES string of the molecule is CC(C)C(=O)CN(CCC(=O)CCCN=C(N)N)CCC(=O)CCCN=C(N)N. The van der Waals surface area contributed by atoms with Crippen molar-refractivity contribution in [3.05, 3.63) is 0 Å². The molecule has 10 heteroatoms. The number of ketones is 3. The lowest BCUT2D eigenvalue weighted by atomic mass is 10.1. The van der Waals surface area contributed by atoms with Crippen LogP contribution in [0, 0.1) is 5.92 Å². The number of nitrogens with zero attached hydrogens (tertiary/aromatic N) is 3. The van der Waals surface area contributed by atoms with Crippen molar-refractivity contribution in [1.82, 2.24) is 4.90 Å². The summed E-state index contributed by atoms with van der Waals surface area (Å²) in [6.45, 7) is 5.63. The van der Waals surface area contributed by atoms with Crippen molar-refractivity contribution < 1.29 is 14.4 Å². The van der Waals surface area contributed by atoms with Gasteiger partial charge in [0.25, 0.3) is 0 Å². The Morgan fingerprint density at radius 1 is 0.759 bits per heavy atom. The van der Waals surface area contributed by atoms with E-state index in [4.69, 9.17) is 22.9 Å². The molecule has 0 aromatic carbocycles. The fraction of sp³-hybridized carbons (Fsp3) is 0.737. The summed E-state index contributed by atoms with van der Waals surface area (Å²) in [6.07, 6.45) is 2.57. The van der Waals surface area contributed by atoms with Crippen molar-refractivity contribution >= 4 is 29.3 Å². The first-order valence-electron chi connectivity index (χ1n) is 10.0. The molecule has 0 amide bonds. The number of hydrogen-bond acceptors (Lipinski definition) is 6. The van der Waals surface area contributed by atoms with Crippen molar-refractivity contribution in [1.29, 1.82) is 0 Å². The van der Waals surface area contributed by atoms with Gasteiger partial charge in [-0.3, -0.25) is 29.3 Å². The van der Waals surface area contributed by atoms with E-state index < -0.39 is 0 Å². The average Bonchev–Trinajstić information content (AvgIpc) is 2.63. The van der Waals surface area contributed by atoms with Crippen molar-refractivity contribution in [3.8, 4) is 0 Å². The highest BCUT2D eigenvalue weighted by Gasteiger charge is 2.16. The first-order valence-corrected chi connectivity index (χ1v) is 10.0. The second kappa shape index (κ2) is 15.4. The van der Waals surface area contributed by atoms with Crippen molar-refractivity contribution in [2.75, 3.05) is 32.7 Å². The summed E-state index contributed by atoms with van der Waals surface area (Å²) in [6, 6.07) is 0. The van der Waals surface area contributed by atoms with Gasteiger partial charge in [-0.05, 0) is 12.8 Å². The molecule has 0 unspecified atom stereocenters. The molecular weight excluding hydrogens is 374 g/mol. The van der Waals surface area contributed by atoms with Gasteiger partial charge in [0.1, 0.15) is 17.3 Å². The average molecular weight is 412 g/mol. The predicted molar refractivity (Wildman–Crippen MR) is 115 cm³/mol. The number of hydrogen-bond donors (Lipinski definition) is 4. The molecule has 29 heavy (non-hydrogen) atoms. The first kappa shape index (κ1) is 26.5. The second-order valence-corrected chi connectivity index (χ2v) is 7.29. The molecule has 0 spiro atoms. The molecule has 0 rings (SSSR count). The van der Waals surface area contributed by atoms with Gasteiger partial charge in [-0.15, -0.1) is 0 Å². The lowest BCUT2D eigenvalue weighted by Gasteiger charge is -2.22. The standard InChI is InChI=1S/C19H37N7O3/c1-14(2)17(29)13-26(11-7-15(27)5-3-9-24-18(20)21)12-8-16(28)6-4-10-25-19(22)23/h14H,3-13H2,1-2H3,(H4,20,21,24)(H4,22,23,25). The maximum atomic E-state index is 12.1. The lowest BCUT2D eigenvalue weighted by molar-refractivity contribution is -0.125. The van der Waals surface area contributed by atoms with Crippen molar-refractivity contribution in [2.24, 2.45) is 38.8 Å². The molecule has 0 heterocycles. The minimum absolute atomic E-state index is 0.0128. The van der Waals surface area contributed by atoms with E-state index >= 15 is 0 Å². The van der Waals surface area contributed by atoms with E-state index in [1.54, 1.807) is 0 Å². The third-order valence-electron chi connectivity index (χ3n) is 4.25. The monoisotopic (exact) mass is 411 g/mol. The van der Waals surface area contributed by atoms with Gasteiger partial charge in [0.05, 0.1) is 6.54 Å². The summed E-state index contributed by atoms with van der Waals surface area (Å²) < 4.78 is 0. The molecule has 0 aliphatic heterocycles. The van der Waals surface area contributed by atoms with Crippen LogP contribution in [0.15, 0.2) is 9.98 Å². The fourth-order valence-corrected chi connectivity index (χ4v) is 2.46. The number of carbonyl (C=O) groups excluding carboxylic acids is 3. The van der Waals surface area contributed by atoms with Crippen LogP contribution >= 0.6 is 0 Å². The zero-order chi connectivity index (χ0) is 22.2. The van der Waals surface area contributed by atoms with Crippen LogP contribution in [0.1, 0.15) is 52.4 Å². The molecule has 8 N–H and O–H groups in total. The van der Waals surface area contributed by atoms with Gasteiger partial charge in [0.2, 0.25) is 0 Å². The van der Waals surface area contributed by atoms with Crippen LogP contribution in [0.5, 0.6) is 0 Å². The van der Waals surface area contributed by atoms with E-state index in [2.05, 4.69) is 9.98 Å². The van der Waals surface area contributed by atoms with Gasteiger partial charge in [-0.1, -0.05) is 13.8 Å². The van der Waals surface area contributed by atoms with E-state index in [1.165, 1.54) is 0 Å². The number of nitrogens with two attached hydrogens (primary N) is 4. The van der Waals surface area contributed by atoms with E-state index in [9.17, 15) is 14.4 Å². The summed E-state index contributed by atoms with van der Waals surface area (Å²) in [5.74, 6) is 0.189. The summed E-state index contributed by atoms with van der Waals surface area (Å²) in [5, 5.41) is 0. The Labute approximate surface area is 173 Å². The number of Topliss-reactive ketones (excluding diaryl/α,β-unsaturated/α-hetero) is 3. The third-order valence-corrected chi connectivity index (χ3v) is 4.25. The molecule has 0 aliphatic rings. The van der Waals surface area contributed by atoms with Gasteiger partial charge in [-0.2, -0.15) is 0 Å². The Morgan fingerprint density at radius 3 is 1.52 bits per heavy atom. The third kappa shape index (κ3) is 16.2. The molecule has 0 saturated carbocycles. The van der Waals surface area contributed by atoms with Crippen LogP contribution in [-0.2, 0) is 14.4 Å². The molecule has 0 saturated heterocycles. The van der Waals surface area contributed by atoms with Crippen LogP contribution in [0.4, 0.5) is 0 Å². The van der Waals surface area contributed by atoms with Crippen LogP contribution in [-0.4, -0.2) is 66.9 Å². The Kier molecular flexibility index (Phi) is 14.1. The first-order chi connectivity index (χ1) is 13.6. The second-order valence-electron chi connectivity index (χ2n) is 7.29. The molecule has 0 radical (unpaired) electrons. The Bertz CT molecular complexity index is 540. The highest BCUT2D eigenvalue weighted by molar-refractivity contribution is 5.83. The minimum Gasteiger partial charge on any atom is -0.370 e. The topological polar surface area (TPSA) is 183 Å². The maximum absolute atomic E-state index is 12.1. The smallest absolute Gasteiger partial charge is 0.185 e. The fourth-order valence-electron chi connectivity index (χ4n) is 2.46. The van der Waals surface area contributed by atoms with Gasteiger partial charge in [-0.25, -0.2) is 0 Å². The molecule has 0 aromatic rings. The molecule has 0 aromatic heterocycles. The number of rotatable bonds is 17. The molecule has 166 valence electrons. The van der Waals surface area contributed by atoms with Crippen LogP contribution in [0.2, 0.25) is 0 Å². The van der Waals surface area contributed by atoms with Gasteiger partial charge in [0.15, 0.2) is 11.9 Å². The van der Waals surface area contributed by atoms with E-state index in [0.29, 0.717) is 64.7 Å². The zero-order valence-electron chi connectivity index (χ0n) is 17.7. The molecule has 0 fully saturated rings. The Balaban J connectivity index is 4.42. The number of guanidine groups is 2. The molecule has 0 aliphatic carbocycles. The summed E-state index contributed by atoms with van der Waals surface area (Å²) in [4.78, 5) is 45.8. The quantitative estimate of drug-likeness (QED) is 0.141. The Hall–Kier alpha value is -2.49. The highest BCUT2D eigenvalue weighted by atomic mass is 16.1. The van der Waals surface area contributed by atoms with Gasteiger partial charge < -0.3 is 22.9 Å². The van der Waals surface area contributed by atoms with E-state index in [0.717, 1.165) is 0 Å². The zero-order valence-corrected chi connectivity index (χ0v) is 17.7. The molecule has 0 bridgehead atoms. The summed E-state index contributed by atoms with van der Waals surface area (Å²) >= 11 is 0. The van der Waals surface area contributed by atoms with E-state index in [1.807, 2.05) is 18.7 Å². The van der Waals surface area contributed by atoms with E-state index in [-0.39, 0.29) is 41.7 Å². The van der Waals surface area contributed by atoms with Gasteiger partial charge >= 0.3 is 0 Å². The lowest BCUT2D eigenvalue weighted by Crippen LogP contribution is -2.35.